The molecule has 1 saturated carbocycles. The number of amides is 3. The molecule has 1 aliphatic heterocycles. The van der Waals surface area contributed by atoms with Gasteiger partial charge in [0.15, 0.2) is 0 Å². The Balaban J connectivity index is 1.41. The Morgan fingerprint density at radius 2 is 1.92 bits per heavy atom. The minimum Gasteiger partial charge on any atom is -0.467 e. The molecule has 2 heterocycles. The summed E-state index contributed by atoms with van der Waals surface area (Å²) in [6.45, 7) is 4.33. The molecule has 3 amide bonds. The molecule has 8 heteroatoms. The number of rotatable bonds is 5. The highest BCUT2D eigenvalue weighted by molar-refractivity contribution is 5.92. The molecule has 2 atom stereocenters. The minimum absolute atomic E-state index is 0.00153. The van der Waals surface area contributed by atoms with Gasteiger partial charge in [0.2, 0.25) is 11.8 Å². The fourth-order valence-electron chi connectivity index (χ4n) is 3.03. The van der Waals surface area contributed by atoms with Crippen molar-refractivity contribution in [2.24, 2.45) is 11.8 Å². The van der Waals surface area contributed by atoms with Crippen molar-refractivity contribution in [3.05, 3.63) is 24.2 Å². The van der Waals surface area contributed by atoms with Crippen molar-refractivity contribution in [2.75, 3.05) is 32.8 Å². The number of carbonyl (C=O) groups excluding carboxylic acids is 3. The van der Waals surface area contributed by atoms with E-state index in [1.807, 2.05) is 0 Å². The van der Waals surface area contributed by atoms with Gasteiger partial charge >= 0.3 is 6.09 Å². The maximum absolute atomic E-state index is 12.5. The van der Waals surface area contributed by atoms with Gasteiger partial charge < -0.3 is 24.3 Å². The Morgan fingerprint density at radius 3 is 2.56 bits per heavy atom. The van der Waals surface area contributed by atoms with Gasteiger partial charge in [-0.2, -0.15) is 0 Å². The number of hydrogen-bond acceptors (Lipinski definition) is 5. The highest BCUT2D eigenvalue weighted by atomic mass is 16.6. The van der Waals surface area contributed by atoms with Crippen LogP contribution in [0.5, 0.6) is 0 Å². The fraction of sp³-hybridized carbons (Fsp3) is 0.588. The third-order valence-corrected chi connectivity index (χ3v) is 4.58. The zero-order valence-corrected chi connectivity index (χ0v) is 14.3. The van der Waals surface area contributed by atoms with Crippen molar-refractivity contribution >= 4 is 17.9 Å². The lowest BCUT2D eigenvalue weighted by Gasteiger charge is -2.34. The van der Waals surface area contributed by atoms with Gasteiger partial charge in [0.1, 0.15) is 5.76 Å². The second kappa shape index (κ2) is 7.58. The molecule has 1 aliphatic carbocycles. The number of nitrogens with zero attached hydrogens (tertiary/aromatic N) is 2. The first kappa shape index (κ1) is 17.3. The van der Waals surface area contributed by atoms with Crippen LogP contribution >= 0.6 is 0 Å². The number of furan rings is 1. The Labute approximate surface area is 146 Å². The topological polar surface area (TPSA) is 92.1 Å². The van der Waals surface area contributed by atoms with Gasteiger partial charge in [-0.3, -0.25) is 9.59 Å². The molecule has 1 aromatic heterocycles. The van der Waals surface area contributed by atoms with Crippen LogP contribution in [-0.4, -0.2) is 60.5 Å². The lowest BCUT2D eigenvalue weighted by molar-refractivity contribution is -0.136. The van der Waals surface area contributed by atoms with E-state index in [2.05, 4.69) is 5.32 Å². The zero-order chi connectivity index (χ0) is 17.8. The number of carbonyl (C=O) groups is 3. The largest absolute Gasteiger partial charge is 0.467 e. The third-order valence-electron chi connectivity index (χ3n) is 4.58. The molecule has 2 fully saturated rings. The van der Waals surface area contributed by atoms with Crippen LogP contribution in [0.25, 0.3) is 0 Å². The van der Waals surface area contributed by atoms with Crippen LogP contribution in [-0.2, 0) is 20.9 Å². The molecule has 3 rings (SSSR count). The van der Waals surface area contributed by atoms with Gasteiger partial charge in [0, 0.05) is 26.2 Å². The van der Waals surface area contributed by atoms with Gasteiger partial charge in [0.05, 0.1) is 31.3 Å². The van der Waals surface area contributed by atoms with E-state index < -0.39 is 0 Å². The number of hydrogen-bond donors (Lipinski definition) is 1. The van der Waals surface area contributed by atoms with Crippen molar-refractivity contribution in [1.82, 2.24) is 15.1 Å². The quantitative estimate of drug-likeness (QED) is 0.850. The summed E-state index contributed by atoms with van der Waals surface area (Å²) in [5.74, 6) is 0.0739. The summed E-state index contributed by atoms with van der Waals surface area (Å²) in [4.78, 5) is 39.6. The first-order chi connectivity index (χ1) is 12.1. The van der Waals surface area contributed by atoms with Crippen molar-refractivity contribution in [1.29, 1.82) is 0 Å². The van der Waals surface area contributed by atoms with E-state index in [4.69, 9.17) is 9.15 Å². The maximum atomic E-state index is 12.5. The van der Waals surface area contributed by atoms with Crippen LogP contribution in [0.4, 0.5) is 4.79 Å². The van der Waals surface area contributed by atoms with E-state index in [0.717, 1.165) is 0 Å². The van der Waals surface area contributed by atoms with Gasteiger partial charge in [-0.25, -0.2) is 4.79 Å². The molecule has 2 unspecified atom stereocenters. The molecular weight excluding hydrogens is 326 g/mol. The Kier molecular flexibility index (Phi) is 5.25. The molecule has 0 aromatic carbocycles. The molecule has 1 aromatic rings. The van der Waals surface area contributed by atoms with E-state index in [9.17, 15) is 14.4 Å². The standard InChI is InChI=1S/C17H23N3O5/c1-2-24-17(23)20-7-5-19(6-8-20)16(22)14-10-13(14)15(21)18-11-12-4-3-9-25-12/h3-4,9,13-14H,2,5-8,10-11H2,1H3,(H,18,21). The molecule has 136 valence electrons. The van der Waals surface area contributed by atoms with E-state index >= 15 is 0 Å². The van der Waals surface area contributed by atoms with Crippen LogP contribution in [0.15, 0.2) is 22.8 Å². The monoisotopic (exact) mass is 349 g/mol. The van der Waals surface area contributed by atoms with Crippen LogP contribution in [0.1, 0.15) is 19.1 Å². The molecule has 0 radical (unpaired) electrons. The summed E-state index contributed by atoms with van der Waals surface area (Å²) in [6, 6.07) is 3.56. The number of nitrogens with one attached hydrogen (secondary N) is 1. The Hall–Kier alpha value is -2.51. The van der Waals surface area contributed by atoms with Crippen molar-refractivity contribution in [2.45, 2.75) is 19.9 Å². The summed E-state index contributed by atoms with van der Waals surface area (Å²) < 4.78 is 10.1. The SMILES string of the molecule is CCOC(=O)N1CCN(C(=O)C2CC2C(=O)NCc2ccco2)CC1. The van der Waals surface area contributed by atoms with E-state index in [1.165, 1.54) is 0 Å². The number of ether oxygens (including phenoxy) is 1. The average molecular weight is 349 g/mol. The van der Waals surface area contributed by atoms with Crippen molar-refractivity contribution in [3.63, 3.8) is 0 Å². The Morgan fingerprint density at radius 1 is 1.20 bits per heavy atom. The van der Waals surface area contributed by atoms with Crippen LogP contribution in [0.2, 0.25) is 0 Å². The highest BCUT2D eigenvalue weighted by Gasteiger charge is 2.49. The predicted octanol–water partition coefficient (Wildman–Crippen LogP) is 0.833. The van der Waals surface area contributed by atoms with Gasteiger partial charge in [0.25, 0.3) is 0 Å². The van der Waals surface area contributed by atoms with Crippen LogP contribution < -0.4 is 5.32 Å². The van der Waals surface area contributed by atoms with Gasteiger partial charge in [-0.15, -0.1) is 0 Å². The summed E-state index contributed by atoms with van der Waals surface area (Å²) in [7, 11) is 0. The van der Waals surface area contributed by atoms with Gasteiger partial charge in [-0.1, -0.05) is 0 Å². The molecule has 25 heavy (non-hydrogen) atoms. The minimum atomic E-state index is -0.337. The summed E-state index contributed by atoms with van der Waals surface area (Å²) in [5.41, 5.74) is 0. The highest BCUT2D eigenvalue weighted by Crippen LogP contribution is 2.40. The second-order valence-electron chi connectivity index (χ2n) is 6.26. The average Bonchev–Trinajstić information content (AvgIpc) is 3.26. The first-order valence-corrected chi connectivity index (χ1v) is 8.60. The van der Waals surface area contributed by atoms with Gasteiger partial charge in [-0.05, 0) is 25.5 Å². The lowest BCUT2D eigenvalue weighted by Crippen LogP contribution is -2.51. The van der Waals surface area contributed by atoms with Crippen LogP contribution in [0.3, 0.4) is 0 Å². The van der Waals surface area contributed by atoms with E-state index in [1.54, 1.807) is 35.1 Å². The van der Waals surface area contributed by atoms with Crippen molar-refractivity contribution in [3.8, 4) is 0 Å². The molecular formula is C17H23N3O5. The lowest BCUT2D eigenvalue weighted by atomic mass is 10.2. The maximum Gasteiger partial charge on any atom is 0.409 e. The summed E-state index contributed by atoms with van der Waals surface area (Å²) >= 11 is 0. The fourth-order valence-corrected chi connectivity index (χ4v) is 3.03. The zero-order valence-electron chi connectivity index (χ0n) is 14.3. The third kappa shape index (κ3) is 4.12. The molecule has 2 aliphatic rings. The Bertz CT molecular complexity index is 622. The molecule has 0 spiro atoms. The molecule has 1 saturated heterocycles. The molecule has 1 N–H and O–H groups in total. The number of piperazine rings is 1. The normalized spacial score (nSPS) is 22.4. The smallest absolute Gasteiger partial charge is 0.409 e. The second-order valence-corrected chi connectivity index (χ2v) is 6.26. The van der Waals surface area contributed by atoms with E-state index in [0.29, 0.717) is 51.5 Å². The molecule has 0 bridgehead atoms. The van der Waals surface area contributed by atoms with Crippen molar-refractivity contribution < 1.29 is 23.5 Å². The van der Waals surface area contributed by atoms with E-state index in [-0.39, 0.29) is 29.7 Å². The summed E-state index contributed by atoms with van der Waals surface area (Å²) in [6.07, 6.45) is 1.80. The first-order valence-electron chi connectivity index (χ1n) is 8.60. The predicted molar refractivity (Wildman–Crippen MR) is 87.3 cm³/mol. The van der Waals surface area contributed by atoms with Crippen LogP contribution in [0, 0.1) is 11.8 Å². The summed E-state index contributed by atoms with van der Waals surface area (Å²) in [5, 5.41) is 2.80. The molecule has 8 nitrogen and oxygen atoms in total.